The molecule has 0 aliphatic heterocycles. The normalized spacial score (nSPS) is 10.3. The zero-order valence-corrected chi connectivity index (χ0v) is 13.2. The van der Waals surface area contributed by atoms with Crippen molar-refractivity contribution in [3.05, 3.63) is 57.0 Å². The number of Topliss-reactive ketones (excluding diaryl/α,β-unsaturated/α-hetero) is 1. The molecule has 0 bridgehead atoms. The van der Waals surface area contributed by atoms with E-state index in [2.05, 4.69) is 15.9 Å². The SMILES string of the molecule is COc1ccc(Br)cc1CC(=O)c1ccc(Cl)c(N)c1. The maximum Gasteiger partial charge on any atom is 0.167 e. The Labute approximate surface area is 130 Å². The van der Waals surface area contributed by atoms with E-state index < -0.39 is 0 Å². The van der Waals surface area contributed by atoms with Crippen LogP contribution < -0.4 is 10.5 Å². The van der Waals surface area contributed by atoms with Crippen LogP contribution in [0.2, 0.25) is 5.02 Å². The molecule has 0 fully saturated rings. The van der Waals surface area contributed by atoms with Gasteiger partial charge in [0.05, 0.1) is 17.8 Å². The topological polar surface area (TPSA) is 52.3 Å². The first kappa shape index (κ1) is 14.9. The molecule has 0 aliphatic rings. The van der Waals surface area contributed by atoms with Gasteiger partial charge in [0, 0.05) is 22.0 Å². The number of carbonyl (C=O) groups is 1. The third-order valence-corrected chi connectivity index (χ3v) is 3.75. The zero-order chi connectivity index (χ0) is 14.7. The Morgan fingerprint density at radius 1 is 1.30 bits per heavy atom. The highest BCUT2D eigenvalue weighted by Crippen LogP contribution is 2.25. The summed E-state index contributed by atoms with van der Waals surface area (Å²) in [6.07, 6.45) is 0.240. The van der Waals surface area contributed by atoms with Crippen molar-refractivity contribution in [2.45, 2.75) is 6.42 Å². The first-order valence-corrected chi connectivity index (χ1v) is 7.09. The van der Waals surface area contributed by atoms with Gasteiger partial charge in [0.15, 0.2) is 5.78 Å². The summed E-state index contributed by atoms with van der Waals surface area (Å²) in [5.74, 6) is 0.647. The van der Waals surface area contributed by atoms with Gasteiger partial charge in [-0.3, -0.25) is 4.79 Å². The van der Waals surface area contributed by atoms with Crippen LogP contribution in [0.3, 0.4) is 0 Å². The number of hydrogen-bond acceptors (Lipinski definition) is 3. The number of carbonyl (C=O) groups excluding carboxylic acids is 1. The van der Waals surface area contributed by atoms with E-state index in [1.807, 2.05) is 18.2 Å². The summed E-state index contributed by atoms with van der Waals surface area (Å²) in [4.78, 5) is 12.3. The number of hydrogen-bond donors (Lipinski definition) is 1. The van der Waals surface area contributed by atoms with Gasteiger partial charge in [0.1, 0.15) is 5.75 Å². The molecule has 0 aliphatic carbocycles. The van der Waals surface area contributed by atoms with E-state index in [4.69, 9.17) is 22.1 Å². The van der Waals surface area contributed by atoms with Gasteiger partial charge in [0.2, 0.25) is 0 Å². The molecule has 0 spiro atoms. The Morgan fingerprint density at radius 2 is 2.05 bits per heavy atom. The lowest BCUT2D eigenvalue weighted by Gasteiger charge is -2.09. The molecule has 0 amide bonds. The fourth-order valence-electron chi connectivity index (χ4n) is 1.88. The number of rotatable bonds is 4. The minimum Gasteiger partial charge on any atom is -0.496 e. The molecular formula is C15H13BrClNO2. The van der Waals surface area contributed by atoms with Gasteiger partial charge < -0.3 is 10.5 Å². The molecule has 20 heavy (non-hydrogen) atoms. The number of nitrogens with two attached hydrogens (primary N) is 1. The van der Waals surface area contributed by atoms with E-state index in [0.717, 1.165) is 10.0 Å². The lowest BCUT2D eigenvalue weighted by Crippen LogP contribution is -2.06. The van der Waals surface area contributed by atoms with Gasteiger partial charge in [-0.05, 0) is 36.4 Å². The second-order valence-corrected chi connectivity index (χ2v) is 5.62. The lowest BCUT2D eigenvalue weighted by molar-refractivity contribution is 0.0992. The van der Waals surface area contributed by atoms with Crippen LogP contribution in [0.5, 0.6) is 5.75 Å². The minimum atomic E-state index is -0.0373. The Balaban J connectivity index is 2.27. The second-order valence-electron chi connectivity index (χ2n) is 4.29. The molecule has 5 heteroatoms. The van der Waals surface area contributed by atoms with Gasteiger partial charge in [-0.15, -0.1) is 0 Å². The number of ketones is 1. The highest BCUT2D eigenvalue weighted by atomic mass is 79.9. The van der Waals surface area contributed by atoms with E-state index in [-0.39, 0.29) is 12.2 Å². The molecule has 0 radical (unpaired) electrons. The molecule has 2 aromatic rings. The monoisotopic (exact) mass is 353 g/mol. The summed E-state index contributed by atoms with van der Waals surface area (Å²) in [6.45, 7) is 0. The number of anilines is 1. The fraction of sp³-hybridized carbons (Fsp3) is 0.133. The van der Waals surface area contributed by atoms with Crippen molar-refractivity contribution in [1.29, 1.82) is 0 Å². The Morgan fingerprint density at radius 3 is 2.70 bits per heavy atom. The molecule has 104 valence electrons. The van der Waals surface area contributed by atoms with Gasteiger partial charge in [0.25, 0.3) is 0 Å². The van der Waals surface area contributed by atoms with Gasteiger partial charge in [-0.1, -0.05) is 27.5 Å². The van der Waals surface area contributed by atoms with Gasteiger partial charge in [-0.2, -0.15) is 0 Å². The first-order valence-electron chi connectivity index (χ1n) is 5.92. The fourth-order valence-corrected chi connectivity index (χ4v) is 2.40. The molecular weight excluding hydrogens is 342 g/mol. The van der Waals surface area contributed by atoms with Gasteiger partial charge >= 0.3 is 0 Å². The van der Waals surface area contributed by atoms with Crippen molar-refractivity contribution in [2.24, 2.45) is 0 Å². The summed E-state index contributed by atoms with van der Waals surface area (Å²) in [6, 6.07) is 10.5. The maximum atomic E-state index is 12.3. The third kappa shape index (κ3) is 3.32. The van der Waals surface area contributed by atoms with Crippen LogP contribution in [0.4, 0.5) is 5.69 Å². The van der Waals surface area contributed by atoms with Crippen molar-refractivity contribution in [2.75, 3.05) is 12.8 Å². The largest absolute Gasteiger partial charge is 0.496 e. The molecule has 3 nitrogen and oxygen atoms in total. The Bertz CT molecular complexity index is 658. The van der Waals surface area contributed by atoms with Crippen LogP contribution in [0.1, 0.15) is 15.9 Å². The summed E-state index contributed by atoms with van der Waals surface area (Å²) in [7, 11) is 1.58. The van der Waals surface area contributed by atoms with Crippen LogP contribution in [-0.2, 0) is 6.42 Å². The molecule has 0 atom stereocenters. The van der Waals surface area contributed by atoms with Crippen molar-refractivity contribution < 1.29 is 9.53 Å². The van der Waals surface area contributed by atoms with E-state index in [9.17, 15) is 4.79 Å². The van der Waals surface area contributed by atoms with Crippen molar-refractivity contribution >= 4 is 39.0 Å². The second kappa shape index (κ2) is 6.29. The predicted molar refractivity (Wildman–Crippen MR) is 84.6 cm³/mol. The third-order valence-electron chi connectivity index (χ3n) is 2.91. The minimum absolute atomic E-state index is 0.0373. The molecule has 0 heterocycles. The van der Waals surface area contributed by atoms with E-state index >= 15 is 0 Å². The number of methoxy groups -OCH3 is 1. The average Bonchev–Trinajstić information content (AvgIpc) is 2.42. The highest BCUT2D eigenvalue weighted by molar-refractivity contribution is 9.10. The number of halogens is 2. The lowest BCUT2D eigenvalue weighted by atomic mass is 10.0. The molecule has 2 N–H and O–H groups in total. The molecule has 0 saturated carbocycles. The summed E-state index contributed by atoms with van der Waals surface area (Å²) < 4.78 is 6.16. The van der Waals surface area contributed by atoms with Crippen LogP contribution >= 0.6 is 27.5 Å². The van der Waals surface area contributed by atoms with E-state index in [0.29, 0.717) is 22.0 Å². The van der Waals surface area contributed by atoms with Crippen LogP contribution in [-0.4, -0.2) is 12.9 Å². The van der Waals surface area contributed by atoms with E-state index in [1.165, 1.54) is 0 Å². The number of nitrogen functional groups attached to an aromatic ring is 1. The van der Waals surface area contributed by atoms with Crippen molar-refractivity contribution in [3.8, 4) is 5.75 Å². The molecule has 0 saturated heterocycles. The standard InChI is InChI=1S/C15H13BrClNO2/c1-20-15-5-3-11(16)6-10(15)8-14(19)9-2-4-12(17)13(18)7-9/h2-7H,8,18H2,1H3. The Hall–Kier alpha value is -1.52. The van der Waals surface area contributed by atoms with Crippen molar-refractivity contribution in [3.63, 3.8) is 0 Å². The van der Waals surface area contributed by atoms with Crippen LogP contribution in [0.25, 0.3) is 0 Å². The van der Waals surface area contributed by atoms with Crippen molar-refractivity contribution in [1.82, 2.24) is 0 Å². The van der Waals surface area contributed by atoms with Crippen LogP contribution in [0.15, 0.2) is 40.9 Å². The first-order chi connectivity index (χ1) is 9.51. The quantitative estimate of drug-likeness (QED) is 0.664. The number of benzene rings is 2. The molecule has 2 rings (SSSR count). The highest BCUT2D eigenvalue weighted by Gasteiger charge is 2.12. The molecule has 2 aromatic carbocycles. The van der Waals surface area contributed by atoms with Gasteiger partial charge in [-0.25, -0.2) is 0 Å². The summed E-state index contributed by atoms with van der Waals surface area (Å²) in [5, 5.41) is 0.446. The predicted octanol–water partition coefficient (Wildman–Crippen LogP) is 4.12. The Kier molecular flexibility index (Phi) is 4.68. The zero-order valence-electron chi connectivity index (χ0n) is 10.8. The smallest absolute Gasteiger partial charge is 0.167 e. The maximum absolute atomic E-state index is 12.3. The number of ether oxygens (including phenoxy) is 1. The molecule has 0 aromatic heterocycles. The molecule has 0 unspecified atom stereocenters. The summed E-state index contributed by atoms with van der Waals surface area (Å²) in [5.41, 5.74) is 7.47. The van der Waals surface area contributed by atoms with E-state index in [1.54, 1.807) is 25.3 Å². The average molecular weight is 355 g/mol. The van der Waals surface area contributed by atoms with Crippen LogP contribution in [0, 0.1) is 0 Å². The summed E-state index contributed by atoms with van der Waals surface area (Å²) >= 11 is 9.24.